The van der Waals surface area contributed by atoms with Crippen molar-refractivity contribution >= 4 is 50.3 Å². The van der Waals surface area contributed by atoms with Crippen LogP contribution in [0.5, 0.6) is 0 Å². The van der Waals surface area contributed by atoms with Crippen LogP contribution in [0.1, 0.15) is 21.2 Å². The number of nitrogens with zero attached hydrogens (tertiary/aromatic N) is 1. The summed E-state index contributed by atoms with van der Waals surface area (Å²) in [5.74, 6) is -0.480. The average molecular weight is 441 g/mol. The maximum atomic E-state index is 13.0. The summed E-state index contributed by atoms with van der Waals surface area (Å²) in [7, 11) is -3.70. The molecule has 5 nitrogen and oxygen atoms in total. The van der Waals surface area contributed by atoms with E-state index in [-0.39, 0.29) is 21.3 Å². The van der Waals surface area contributed by atoms with Crippen molar-refractivity contribution in [2.75, 3.05) is 6.54 Å². The Kier molecular flexibility index (Phi) is 6.16. The summed E-state index contributed by atoms with van der Waals surface area (Å²) in [5.41, 5.74) is 0.716. The number of benzene rings is 1. The molecule has 0 spiro atoms. The summed E-state index contributed by atoms with van der Waals surface area (Å²) in [6.45, 7) is -0.121. The summed E-state index contributed by atoms with van der Waals surface area (Å²) < 4.78 is 26.3. The number of carbonyl (C=O) groups is 1. The molecule has 1 aromatic carbocycles. The fourth-order valence-corrected chi connectivity index (χ4v) is 5.84. The molecule has 0 bridgehead atoms. The Balaban J connectivity index is 1.88. The first-order valence-electron chi connectivity index (χ1n) is 7.80. The molecule has 2 aromatic heterocycles. The van der Waals surface area contributed by atoms with Crippen LogP contribution in [-0.4, -0.2) is 25.9 Å². The van der Waals surface area contributed by atoms with Gasteiger partial charge in [0.05, 0.1) is 10.6 Å². The van der Waals surface area contributed by atoms with E-state index in [1.54, 1.807) is 41.9 Å². The van der Waals surface area contributed by atoms with Gasteiger partial charge in [0.1, 0.15) is 9.46 Å². The molecule has 3 aromatic rings. The highest BCUT2D eigenvalue weighted by atomic mass is 35.5. The molecule has 0 saturated heterocycles. The maximum Gasteiger partial charge on any atom is 0.252 e. The minimum absolute atomic E-state index is 0.121. The molecule has 1 amide bonds. The Labute approximate surface area is 170 Å². The van der Waals surface area contributed by atoms with E-state index in [1.807, 2.05) is 0 Å². The second-order valence-corrected chi connectivity index (χ2v) is 9.73. The van der Waals surface area contributed by atoms with E-state index in [1.165, 1.54) is 18.3 Å². The predicted molar refractivity (Wildman–Crippen MR) is 107 cm³/mol. The molecule has 0 saturated carbocycles. The summed E-state index contributed by atoms with van der Waals surface area (Å²) in [4.78, 5) is 16.5. The molecule has 0 aliphatic rings. The van der Waals surface area contributed by atoms with Gasteiger partial charge in [-0.2, -0.15) is 0 Å². The fourth-order valence-electron chi connectivity index (χ4n) is 2.49. The monoisotopic (exact) mass is 440 g/mol. The molecule has 0 fully saturated rings. The molecule has 1 atom stereocenters. The second-order valence-electron chi connectivity index (χ2n) is 5.59. The molecule has 140 valence electrons. The van der Waals surface area contributed by atoms with Crippen LogP contribution in [0, 0.1) is 0 Å². The highest BCUT2D eigenvalue weighted by molar-refractivity contribution is 7.93. The van der Waals surface area contributed by atoms with Crippen LogP contribution in [0.2, 0.25) is 10.0 Å². The lowest BCUT2D eigenvalue weighted by Gasteiger charge is -2.18. The molecule has 0 aliphatic carbocycles. The Hall–Kier alpha value is -1.93. The van der Waals surface area contributed by atoms with E-state index < -0.39 is 21.0 Å². The molecule has 1 unspecified atom stereocenters. The number of halogens is 2. The van der Waals surface area contributed by atoms with Crippen molar-refractivity contribution in [1.82, 2.24) is 10.3 Å². The quantitative estimate of drug-likeness (QED) is 0.616. The van der Waals surface area contributed by atoms with E-state index in [9.17, 15) is 13.2 Å². The number of rotatable bonds is 6. The highest BCUT2D eigenvalue weighted by Crippen LogP contribution is 2.31. The second kappa shape index (κ2) is 8.39. The van der Waals surface area contributed by atoms with Crippen LogP contribution in [0.3, 0.4) is 0 Å². The van der Waals surface area contributed by atoms with Crippen LogP contribution in [-0.2, 0) is 9.84 Å². The van der Waals surface area contributed by atoms with Crippen molar-refractivity contribution in [3.63, 3.8) is 0 Å². The number of hydrogen-bond donors (Lipinski definition) is 1. The normalized spacial score (nSPS) is 12.5. The first kappa shape index (κ1) is 19.8. The van der Waals surface area contributed by atoms with Gasteiger partial charge in [-0.3, -0.25) is 9.78 Å². The van der Waals surface area contributed by atoms with Crippen molar-refractivity contribution in [3.8, 4) is 0 Å². The van der Waals surface area contributed by atoms with Crippen molar-refractivity contribution in [2.45, 2.75) is 9.46 Å². The molecule has 27 heavy (non-hydrogen) atoms. The molecule has 9 heteroatoms. The van der Waals surface area contributed by atoms with E-state index in [4.69, 9.17) is 23.2 Å². The number of thiophene rings is 1. The number of hydrogen-bond acceptors (Lipinski definition) is 5. The Morgan fingerprint density at radius 1 is 1.19 bits per heavy atom. The molecule has 2 heterocycles. The minimum atomic E-state index is -3.70. The smallest absolute Gasteiger partial charge is 0.252 e. The van der Waals surface area contributed by atoms with E-state index in [0.29, 0.717) is 10.6 Å². The summed E-state index contributed by atoms with van der Waals surface area (Å²) in [6, 6.07) is 11.0. The lowest BCUT2D eigenvalue weighted by Crippen LogP contribution is -2.32. The number of amides is 1. The Bertz CT molecular complexity index is 1040. The molecule has 0 radical (unpaired) electrons. The van der Waals surface area contributed by atoms with Gasteiger partial charge in [-0.1, -0.05) is 35.3 Å². The number of nitrogens with one attached hydrogen (secondary N) is 1. The van der Waals surface area contributed by atoms with Crippen LogP contribution in [0.25, 0.3) is 0 Å². The van der Waals surface area contributed by atoms with Crippen molar-refractivity contribution < 1.29 is 13.2 Å². The third-order valence-corrected chi connectivity index (χ3v) is 7.91. The lowest BCUT2D eigenvalue weighted by molar-refractivity contribution is 0.0954. The first-order valence-corrected chi connectivity index (χ1v) is 11.0. The lowest BCUT2D eigenvalue weighted by atomic mass is 10.2. The van der Waals surface area contributed by atoms with Gasteiger partial charge < -0.3 is 5.32 Å². The Morgan fingerprint density at radius 3 is 2.63 bits per heavy atom. The molecule has 1 N–H and O–H groups in total. The van der Waals surface area contributed by atoms with Gasteiger partial charge in [0.25, 0.3) is 5.91 Å². The third kappa shape index (κ3) is 4.50. The number of aromatic nitrogens is 1. The fraction of sp³-hybridized carbons (Fsp3) is 0.111. The third-order valence-electron chi connectivity index (χ3n) is 3.83. The molecule has 0 aliphatic heterocycles. The molecular formula is C18H14Cl2N2O3S2. The van der Waals surface area contributed by atoms with E-state index in [2.05, 4.69) is 10.3 Å². The molecular weight excluding hydrogens is 427 g/mol. The van der Waals surface area contributed by atoms with Gasteiger partial charge in [-0.15, -0.1) is 11.3 Å². The number of carbonyl (C=O) groups excluding carboxylic acids is 1. The van der Waals surface area contributed by atoms with Crippen molar-refractivity contribution in [3.05, 3.63) is 81.4 Å². The minimum Gasteiger partial charge on any atom is -0.350 e. The summed E-state index contributed by atoms with van der Waals surface area (Å²) in [5, 5.41) is 3.98. The zero-order valence-electron chi connectivity index (χ0n) is 13.8. The average Bonchev–Trinajstić information content (AvgIpc) is 3.18. The van der Waals surface area contributed by atoms with Crippen molar-refractivity contribution in [1.29, 1.82) is 0 Å². The summed E-state index contributed by atoms with van der Waals surface area (Å²) >= 11 is 13.0. The number of sulfone groups is 1. The largest absolute Gasteiger partial charge is 0.350 e. The first-order chi connectivity index (χ1) is 12.9. The van der Waals surface area contributed by atoms with Gasteiger partial charge in [0.15, 0.2) is 9.84 Å². The van der Waals surface area contributed by atoms with Crippen LogP contribution in [0.4, 0.5) is 0 Å². The standard InChI is InChI=1S/C18H14Cl2N2O3S2/c19-13-5-6-14(15(20)9-13)18(23)22-11-16(12-3-1-7-21-10-12)27(24,25)17-4-2-8-26-17/h1-10,16H,11H2,(H,22,23). The number of pyridine rings is 1. The van der Waals surface area contributed by atoms with Gasteiger partial charge in [-0.05, 0) is 41.3 Å². The van der Waals surface area contributed by atoms with Gasteiger partial charge in [0.2, 0.25) is 0 Å². The zero-order chi connectivity index (χ0) is 19.4. The highest BCUT2D eigenvalue weighted by Gasteiger charge is 2.31. The zero-order valence-corrected chi connectivity index (χ0v) is 16.9. The molecule has 3 rings (SSSR count). The van der Waals surface area contributed by atoms with Gasteiger partial charge in [0, 0.05) is 24.0 Å². The van der Waals surface area contributed by atoms with Crippen LogP contribution in [0.15, 0.2) is 64.4 Å². The van der Waals surface area contributed by atoms with E-state index >= 15 is 0 Å². The summed E-state index contributed by atoms with van der Waals surface area (Å²) in [6.07, 6.45) is 3.04. The SMILES string of the molecule is O=C(NCC(c1cccnc1)S(=O)(=O)c1cccs1)c1ccc(Cl)cc1Cl. The van der Waals surface area contributed by atoms with Crippen LogP contribution < -0.4 is 5.32 Å². The van der Waals surface area contributed by atoms with Gasteiger partial charge in [-0.25, -0.2) is 8.42 Å². The maximum absolute atomic E-state index is 13.0. The van der Waals surface area contributed by atoms with Crippen LogP contribution >= 0.6 is 34.5 Å². The van der Waals surface area contributed by atoms with E-state index in [0.717, 1.165) is 11.3 Å². The topological polar surface area (TPSA) is 76.1 Å². The van der Waals surface area contributed by atoms with Crippen molar-refractivity contribution in [2.24, 2.45) is 0 Å². The Morgan fingerprint density at radius 2 is 2.00 bits per heavy atom. The predicted octanol–water partition coefficient (Wildman–Crippen LogP) is 4.39. The van der Waals surface area contributed by atoms with Gasteiger partial charge >= 0.3 is 0 Å².